The minimum absolute atomic E-state index is 0.0246. The first kappa shape index (κ1) is 24.6. The lowest BCUT2D eigenvalue weighted by atomic mass is 9.41. The Bertz CT molecular complexity index is 1390. The van der Waals surface area contributed by atoms with Gasteiger partial charge in [0.1, 0.15) is 5.75 Å². The third kappa shape index (κ3) is 3.73. The molecule has 3 aromatic carbocycles. The maximum Gasteiger partial charge on any atom is 0.326 e. The maximum atomic E-state index is 14.1. The molecule has 7 rings (SSSR count). The van der Waals surface area contributed by atoms with Crippen molar-refractivity contribution in [2.75, 3.05) is 19.8 Å². The number of benzene rings is 3. The molecule has 192 valence electrons. The number of nitrogens with one attached hydrogen (secondary N) is 1. The van der Waals surface area contributed by atoms with Gasteiger partial charge >= 0.3 is 7.60 Å². The van der Waals surface area contributed by atoms with Gasteiger partial charge in [0.25, 0.3) is 0 Å². The molecule has 3 aliphatic carbocycles. The van der Waals surface area contributed by atoms with Crippen molar-refractivity contribution in [3.63, 3.8) is 0 Å². The summed E-state index contributed by atoms with van der Waals surface area (Å²) in [6.45, 7) is 0.401. The fraction of sp³-hybridized carbons (Fsp3) is 0.367. The molecular weight excluding hydrogens is 485 g/mol. The first-order chi connectivity index (χ1) is 17.8. The van der Waals surface area contributed by atoms with Crippen LogP contribution in [0.3, 0.4) is 0 Å². The number of rotatable bonds is 7. The van der Waals surface area contributed by atoms with Crippen molar-refractivity contribution < 1.29 is 23.9 Å². The lowest BCUT2D eigenvalue weighted by Crippen LogP contribution is -2.61. The molecule has 7 heteroatoms. The summed E-state index contributed by atoms with van der Waals surface area (Å²) in [4.78, 5) is 34.8. The number of para-hydroxylation sites is 1. The average Bonchev–Trinajstić information content (AvgIpc) is 3.30. The highest BCUT2D eigenvalue weighted by atomic mass is 31.2. The Kier molecular flexibility index (Phi) is 5.92. The van der Waals surface area contributed by atoms with Crippen molar-refractivity contribution in [3.8, 4) is 5.75 Å². The van der Waals surface area contributed by atoms with E-state index in [-0.39, 0.29) is 30.2 Å². The first-order valence-electron chi connectivity index (χ1n) is 12.9. The van der Waals surface area contributed by atoms with Gasteiger partial charge in [0.15, 0.2) is 5.78 Å². The number of hydrogen-bond acceptors (Lipinski definition) is 4. The number of Topliss-reactive ketones (excluding diaryl/α,β-unsaturated/α-hetero) is 1. The standard InChI is InChI=1S/C30H32NO5P/c1-36-26-14-8-5-9-20(26)17-25(32)27-28-29(18-31-27,19-37(33,34)35)23-15-16-30(28,21-10-3-2-4-11-21)24-13-7-6-12-22(23)24/h2-14,23,27-28,31H,15-19H2,1H3,(H2,33,34,35). The SMILES string of the molecule is COc1ccccc1CC(=O)C1NCC2(CP(=O)(O)O)C3CCC(c4ccccc4)(c4ccccc43)C12. The monoisotopic (exact) mass is 517 g/mol. The zero-order valence-corrected chi connectivity index (χ0v) is 21.7. The molecule has 2 bridgehead atoms. The predicted octanol–water partition coefficient (Wildman–Crippen LogP) is 4.44. The molecule has 6 nitrogen and oxygen atoms in total. The quantitative estimate of drug-likeness (QED) is 0.401. The number of methoxy groups -OCH3 is 1. The number of ketones is 1. The number of hydrogen-bond donors (Lipinski definition) is 3. The number of carbonyl (C=O) groups excluding carboxylic acids is 1. The third-order valence-corrected chi connectivity index (χ3v) is 10.2. The van der Waals surface area contributed by atoms with Gasteiger partial charge in [-0.2, -0.15) is 0 Å². The van der Waals surface area contributed by atoms with Crippen LogP contribution in [0.4, 0.5) is 0 Å². The van der Waals surface area contributed by atoms with Gasteiger partial charge in [-0.05, 0) is 41.5 Å². The molecule has 0 spiro atoms. The number of fused-ring (bicyclic) bond motifs is 1. The van der Waals surface area contributed by atoms with Crippen LogP contribution in [0.1, 0.15) is 41.0 Å². The van der Waals surface area contributed by atoms with Crippen molar-refractivity contribution in [1.82, 2.24) is 5.32 Å². The molecule has 1 saturated carbocycles. The van der Waals surface area contributed by atoms with Gasteiger partial charge in [0.2, 0.25) is 0 Å². The first-order valence-corrected chi connectivity index (χ1v) is 14.7. The molecule has 1 aliphatic heterocycles. The summed E-state index contributed by atoms with van der Waals surface area (Å²) < 4.78 is 18.2. The molecule has 3 aromatic rings. The summed E-state index contributed by atoms with van der Waals surface area (Å²) in [7, 11) is -2.78. The van der Waals surface area contributed by atoms with Crippen LogP contribution in [-0.4, -0.2) is 41.4 Å². The molecule has 3 N–H and O–H groups in total. The minimum Gasteiger partial charge on any atom is -0.496 e. The minimum atomic E-state index is -4.38. The van der Waals surface area contributed by atoms with E-state index in [0.29, 0.717) is 12.3 Å². The van der Waals surface area contributed by atoms with Crippen LogP contribution < -0.4 is 10.1 Å². The largest absolute Gasteiger partial charge is 0.496 e. The summed E-state index contributed by atoms with van der Waals surface area (Å²) in [5, 5.41) is 3.52. The molecule has 1 heterocycles. The Morgan fingerprint density at radius 3 is 2.49 bits per heavy atom. The van der Waals surface area contributed by atoms with Gasteiger partial charge in [-0.1, -0.05) is 72.8 Å². The van der Waals surface area contributed by atoms with Gasteiger partial charge in [-0.3, -0.25) is 9.36 Å². The topological polar surface area (TPSA) is 95.9 Å². The van der Waals surface area contributed by atoms with E-state index in [1.165, 1.54) is 11.1 Å². The van der Waals surface area contributed by atoms with E-state index in [4.69, 9.17) is 4.74 Å². The van der Waals surface area contributed by atoms with Crippen molar-refractivity contribution >= 4 is 13.4 Å². The lowest BCUT2D eigenvalue weighted by Gasteiger charge is -2.62. The third-order valence-electron chi connectivity index (χ3n) is 9.17. The second-order valence-electron chi connectivity index (χ2n) is 10.9. The van der Waals surface area contributed by atoms with Crippen molar-refractivity contribution in [3.05, 3.63) is 101 Å². The van der Waals surface area contributed by atoms with Crippen molar-refractivity contribution in [2.45, 2.75) is 36.6 Å². The second kappa shape index (κ2) is 8.92. The van der Waals surface area contributed by atoms with Crippen LogP contribution in [0.2, 0.25) is 0 Å². The smallest absolute Gasteiger partial charge is 0.326 e. The molecule has 0 radical (unpaired) electrons. The highest BCUT2D eigenvalue weighted by Gasteiger charge is 2.70. The van der Waals surface area contributed by atoms with Gasteiger partial charge in [-0.25, -0.2) is 0 Å². The summed E-state index contributed by atoms with van der Waals surface area (Å²) in [5.41, 5.74) is 3.04. The molecule has 0 amide bonds. The number of ether oxygens (including phenoxy) is 1. The van der Waals surface area contributed by atoms with Crippen LogP contribution >= 0.6 is 7.60 Å². The molecule has 37 heavy (non-hydrogen) atoms. The average molecular weight is 518 g/mol. The summed E-state index contributed by atoms with van der Waals surface area (Å²) in [5.74, 6) is 0.389. The van der Waals surface area contributed by atoms with E-state index < -0.39 is 24.5 Å². The molecule has 5 atom stereocenters. The molecule has 0 aromatic heterocycles. The van der Waals surface area contributed by atoms with Crippen LogP contribution in [0.5, 0.6) is 5.75 Å². The molecule has 4 aliphatic rings. The van der Waals surface area contributed by atoms with Crippen LogP contribution in [-0.2, 0) is 21.2 Å². The Labute approximate surface area is 217 Å². The van der Waals surface area contributed by atoms with Crippen LogP contribution in [0.25, 0.3) is 0 Å². The van der Waals surface area contributed by atoms with E-state index in [2.05, 4.69) is 29.6 Å². The van der Waals surface area contributed by atoms with E-state index in [1.54, 1.807) is 7.11 Å². The predicted molar refractivity (Wildman–Crippen MR) is 142 cm³/mol. The van der Waals surface area contributed by atoms with E-state index in [0.717, 1.165) is 24.0 Å². The van der Waals surface area contributed by atoms with Crippen molar-refractivity contribution in [1.29, 1.82) is 0 Å². The Morgan fingerprint density at radius 2 is 1.73 bits per heavy atom. The highest BCUT2D eigenvalue weighted by Crippen LogP contribution is 2.71. The number of carbonyl (C=O) groups is 1. The van der Waals surface area contributed by atoms with Crippen LogP contribution in [0.15, 0.2) is 78.9 Å². The zero-order valence-electron chi connectivity index (χ0n) is 20.8. The van der Waals surface area contributed by atoms with Gasteiger partial charge < -0.3 is 19.8 Å². The van der Waals surface area contributed by atoms with E-state index in [1.807, 2.05) is 54.6 Å². The summed E-state index contributed by atoms with van der Waals surface area (Å²) >= 11 is 0. The van der Waals surface area contributed by atoms with Gasteiger partial charge in [0, 0.05) is 35.3 Å². The second-order valence-corrected chi connectivity index (χ2v) is 12.5. The zero-order chi connectivity index (χ0) is 25.8. The maximum absolute atomic E-state index is 14.1. The van der Waals surface area contributed by atoms with E-state index in [9.17, 15) is 19.1 Å². The fourth-order valence-electron chi connectivity index (χ4n) is 8.07. The fourth-order valence-corrected chi connectivity index (χ4v) is 9.37. The molecule has 5 unspecified atom stereocenters. The van der Waals surface area contributed by atoms with Crippen LogP contribution in [0, 0.1) is 11.3 Å². The molecular formula is C30H32NO5P. The normalized spacial score (nSPS) is 30.0. The van der Waals surface area contributed by atoms with Gasteiger partial charge in [-0.15, -0.1) is 0 Å². The summed E-state index contributed by atoms with van der Waals surface area (Å²) in [6.07, 6.45) is 1.63. The van der Waals surface area contributed by atoms with Crippen molar-refractivity contribution in [2.24, 2.45) is 11.3 Å². The Morgan fingerprint density at radius 1 is 1.03 bits per heavy atom. The Hall–Kier alpha value is -2.76. The Balaban J connectivity index is 1.54. The highest BCUT2D eigenvalue weighted by molar-refractivity contribution is 7.51. The van der Waals surface area contributed by atoms with Gasteiger partial charge in [0.05, 0.1) is 19.3 Å². The lowest BCUT2D eigenvalue weighted by molar-refractivity contribution is -0.123. The molecule has 2 fully saturated rings. The van der Waals surface area contributed by atoms with E-state index >= 15 is 0 Å². The molecule has 1 saturated heterocycles. The summed E-state index contributed by atoms with van der Waals surface area (Å²) in [6, 6.07) is 25.6.